The van der Waals surface area contributed by atoms with Crippen LogP contribution in [0.5, 0.6) is 6.01 Å². The summed E-state index contributed by atoms with van der Waals surface area (Å²) in [4.78, 5) is 14.4. The highest BCUT2D eigenvalue weighted by Gasteiger charge is 2.16. The van der Waals surface area contributed by atoms with E-state index in [4.69, 9.17) is 10.6 Å². The van der Waals surface area contributed by atoms with Crippen LogP contribution in [-0.4, -0.2) is 53.6 Å². The summed E-state index contributed by atoms with van der Waals surface area (Å²) in [6.45, 7) is 5.15. The highest BCUT2D eigenvalue weighted by Crippen LogP contribution is 2.13. The van der Waals surface area contributed by atoms with E-state index in [-0.39, 0.29) is 18.0 Å². The molecule has 0 aliphatic carbocycles. The minimum absolute atomic E-state index is 0.215. The summed E-state index contributed by atoms with van der Waals surface area (Å²) in [7, 11) is 5.55. The minimum Gasteiger partial charge on any atom is -0.467 e. The predicted molar refractivity (Wildman–Crippen MR) is 75.0 cm³/mol. The third-order valence-electron chi connectivity index (χ3n) is 2.61. The van der Waals surface area contributed by atoms with Gasteiger partial charge in [0.1, 0.15) is 0 Å². The maximum Gasteiger partial charge on any atom is 0.322 e. The highest BCUT2D eigenvalue weighted by molar-refractivity contribution is 5.35. The molecular formula is C11H23N7O. The van der Waals surface area contributed by atoms with Crippen molar-refractivity contribution in [3.63, 3.8) is 0 Å². The number of ether oxygens (including phenoxy) is 1. The number of rotatable bonds is 7. The molecule has 1 aromatic rings. The lowest BCUT2D eigenvalue weighted by Crippen LogP contribution is -2.37. The molecule has 8 nitrogen and oxygen atoms in total. The van der Waals surface area contributed by atoms with E-state index in [9.17, 15) is 0 Å². The largest absolute Gasteiger partial charge is 0.467 e. The first-order chi connectivity index (χ1) is 8.96. The van der Waals surface area contributed by atoms with E-state index >= 15 is 0 Å². The van der Waals surface area contributed by atoms with Crippen molar-refractivity contribution >= 4 is 11.9 Å². The summed E-state index contributed by atoms with van der Waals surface area (Å²) in [5, 5.41) is 3.28. The summed E-state index contributed by atoms with van der Waals surface area (Å²) in [6, 6.07) is 0.436. The molecular weight excluding hydrogens is 246 g/mol. The molecule has 4 N–H and O–H groups in total. The van der Waals surface area contributed by atoms with Gasteiger partial charge in [-0.2, -0.15) is 15.0 Å². The maximum atomic E-state index is 5.32. The number of nitrogens with zero attached hydrogens (tertiary/aromatic N) is 4. The molecule has 1 rings (SSSR count). The zero-order valence-corrected chi connectivity index (χ0v) is 12.1. The Morgan fingerprint density at radius 1 is 1.21 bits per heavy atom. The summed E-state index contributed by atoms with van der Waals surface area (Å²) >= 11 is 0. The Morgan fingerprint density at radius 3 is 2.32 bits per heavy atom. The van der Waals surface area contributed by atoms with Crippen molar-refractivity contribution in [1.82, 2.24) is 19.9 Å². The van der Waals surface area contributed by atoms with Gasteiger partial charge in [-0.1, -0.05) is 13.8 Å². The second kappa shape index (κ2) is 7.05. The summed E-state index contributed by atoms with van der Waals surface area (Å²) < 4.78 is 5.01. The molecule has 0 aliphatic rings. The first-order valence-corrected chi connectivity index (χ1v) is 6.14. The van der Waals surface area contributed by atoms with Crippen molar-refractivity contribution in [3.8, 4) is 6.01 Å². The third-order valence-corrected chi connectivity index (χ3v) is 2.61. The fraction of sp³-hybridized carbons (Fsp3) is 0.727. The molecule has 0 spiro atoms. The van der Waals surface area contributed by atoms with E-state index in [0.29, 0.717) is 11.9 Å². The smallest absolute Gasteiger partial charge is 0.322 e. The normalized spacial score (nSPS) is 12.6. The van der Waals surface area contributed by atoms with Gasteiger partial charge in [-0.15, -0.1) is 0 Å². The second-order valence-electron chi connectivity index (χ2n) is 4.87. The van der Waals surface area contributed by atoms with Gasteiger partial charge in [-0.25, -0.2) is 5.84 Å². The van der Waals surface area contributed by atoms with Crippen molar-refractivity contribution in [1.29, 1.82) is 0 Å². The average Bonchev–Trinajstić information content (AvgIpc) is 2.36. The fourth-order valence-corrected chi connectivity index (χ4v) is 1.56. The van der Waals surface area contributed by atoms with Crippen LogP contribution in [0.25, 0.3) is 0 Å². The third kappa shape index (κ3) is 4.84. The number of aromatic nitrogens is 3. The first-order valence-electron chi connectivity index (χ1n) is 6.14. The lowest BCUT2D eigenvalue weighted by atomic mass is 10.0. The molecule has 1 heterocycles. The van der Waals surface area contributed by atoms with Gasteiger partial charge in [0.25, 0.3) is 0 Å². The monoisotopic (exact) mass is 269 g/mol. The molecule has 1 aromatic heterocycles. The van der Waals surface area contributed by atoms with Crippen LogP contribution in [0.2, 0.25) is 0 Å². The number of nitrogens with one attached hydrogen (secondary N) is 2. The molecule has 0 saturated carbocycles. The lowest BCUT2D eigenvalue weighted by molar-refractivity contribution is 0.342. The van der Waals surface area contributed by atoms with Gasteiger partial charge < -0.3 is 15.0 Å². The molecule has 0 aliphatic heterocycles. The zero-order valence-electron chi connectivity index (χ0n) is 12.1. The Labute approximate surface area is 113 Å². The van der Waals surface area contributed by atoms with Crippen LogP contribution in [-0.2, 0) is 0 Å². The Balaban J connectivity index is 2.88. The van der Waals surface area contributed by atoms with E-state index in [1.165, 1.54) is 7.11 Å². The number of hydrazine groups is 1. The number of methoxy groups -OCH3 is 1. The topological polar surface area (TPSA) is 101 Å². The summed E-state index contributed by atoms with van der Waals surface area (Å²) in [5.41, 5.74) is 2.39. The second-order valence-corrected chi connectivity index (χ2v) is 4.87. The van der Waals surface area contributed by atoms with E-state index in [1.807, 2.05) is 14.1 Å². The Morgan fingerprint density at radius 2 is 1.84 bits per heavy atom. The van der Waals surface area contributed by atoms with Gasteiger partial charge in [-0.3, -0.25) is 5.43 Å². The molecule has 108 valence electrons. The van der Waals surface area contributed by atoms with Gasteiger partial charge in [0.05, 0.1) is 7.11 Å². The fourth-order valence-electron chi connectivity index (χ4n) is 1.56. The van der Waals surface area contributed by atoms with Crippen LogP contribution in [0.1, 0.15) is 13.8 Å². The standard InChI is InChI=1S/C11H23N7O/c1-7(2)8(6-18(3)4)13-9-14-10(17-12)16-11(15-9)19-5/h7-8H,6,12H2,1-5H3,(H2,13,14,15,16,17). The molecule has 0 aromatic carbocycles. The van der Waals surface area contributed by atoms with E-state index in [0.717, 1.165) is 6.54 Å². The number of nitrogens with two attached hydrogens (primary N) is 1. The van der Waals surface area contributed by atoms with Gasteiger partial charge in [0.2, 0.25) is 11.9 Å². The molecule has 0 radical (unpaired) electrons. The number of hydrogen-bond acceptors (Lipinski definition) is 8. The molecule has 1 atom stereocenters. The van der Waals surface area contributed by atoms with Gasteiger partial charge in [0, 0.05) is 12.6 Å². The quantitative estimate of drug-likeness (QED) is 0.475. The van der Waals surface area contributed by atoms with Crippen molar-refractivity contribution in [2.24, 2.45) is 11.8 Å². The van der Waals surface area contributed by atoms with Crippen LogP contribution in [0, 0.1) is 5.92 Å². The summed E-state index contributed by atoms with van der Waals surface area (Å²) in [6.07, 6.45) is 0. The van der Waals surface area contributed by atoms with Crippen molar-refractivity contribution < 1.29 is 4.74 Å². The number of hydrogen-bond donors (Lipinski definition) is 3. The van der Waals surface area contributed by atoms with Crippen LogP contribution in [0.4, 0.5) is 11.9 Å². The highest BCUT2D eigenvalue weighted by atomic mass is 16.5. The lowest BCUT2D eigenvalue weighted by Gasteiger charge is -2.25. The molecule has 19 heavy (non-hydrogen) atoms. The Bertz CT molecular complexity index is 374. The van der Waals surface area contributed by atoms with Crippen LogP contribution >= 0.6 is 0 Å². The van der Waals surface area contributed by atoms with Crippen LogP contribution in [0.3, 0.4) is 0 Å². The minimum atomic E-state index is 0.215. The van der Waals surface area contributed by atoms with E-state index in [1.54, 1.807) is 0 Å². The number of anilines is 2. The summed E-state index contributed by atoms with van der Waals surface area (Å²) in [5.74, 6) is 6.46. The number of nitrogen functional groups attached to an aromatic ring is 1. The van der Waals surface area contributed by atoms with Crippen molar-refractivity contribution in [3.05, 3.63) is 0 Å². The van der Waals surface area contributed by atoms with E-state index < -0.39 is 0 Å². The molecule has 0 amide bonds. The SMILES string of the molecule is COc1nc(NN)nc(NC(CN(C)C)C(C)C)n1. The van der Waals surface area contributed by atoms with Crippen molar-refractivity contribution in [2.45, 2.75) is 19.9 Å². The Hall–Kier alpha value is -1.67. The molecule has 0 saturated heterocycles. The maximum absolute atomic E-state index is 5.32. The zero-order chi connectivity index (χ0) is 14.4. The number of likely N-dealkylation sites (N-methyl/N-ethyl adjacent to an activating group) is 1. The molecule has 8 heteroatoms. The predicted octanol–water partition coefficient (Wildman–Crippen LogP) is 0.164. The van der Waals surface area contributed by atoms with Gasteiger partial charge in [0.15, 0.2) is 0 Å². The van der Waals surface area contributed by atoms with Gasteiger partial charge in [-0.05, 0) is 20.0 Å². The molecule has 1 unspecified atom stereocenters. The average molecular weight is 269 g/mol. The van der Waals surface area contributed by atoms with Gasteiger partial charge >= 0.3 is 6.01 Å². The van der Waals surface area contributed by atoms with Crippen LogP contribution < -0.4 is 21.3 Å². The van der Waals surface area contributed by atoms with Crippen molar-refractivity contribution in [2.75, 3.05) is 38.5 Å². The first kappa shape index (κ1) is 15.4. The molecule has 0 bridgehead atoms. The van der Waals surface area contributed by atoms with E-state index in [2.05, 4.69) is 44.4 Å². The molecule has 0 fully saturated rings. The Kier molecular flexibility index (Phi) is 5.71. The van der Waals surface area contributed by atoms with Crippen LogP contribution in [0.15, 0.2) is 0 Å².